The SMILES string of the molecule is C[C@@H]1C[C@H](C)CN(c2ccc(N3C(=O)C(C)(C)c4c(N)nc(COC(=N)N5CCC[C@@H]5C(F)(F)F)nc43)cc2F)C1. The third-order valence-electron chi connectivity index (χ3n) is 8.17. The van der Waals surface area contributed by atoms with E-state index < -0.39 is 36.1 Å². The summed E-state index contributed by atoms with van der Waals surface area (Å²) in [7, 11) is 0. The van der Waals surface area contributed by atoms with E-state index in [-0.39, 0.29) is 48.4 Å². The Morgan fingerprint density at radius 1 is 1.20 bits per heavy atom. The minimum absolute atomic E-state index is 0.00343. The number of nitrogen functional groups attached to an aromatic ring is 1. The number of carbonyl (C=O) groups excluding carboxylic acids is 1. The van der Waals surface area contributed by atoms with Gasteiger partial charge >= 0.3 is 6.18 Å². The van der Waals surface area contributed by atoms with Crippen LogP contribution in [-0.2, 0) is 21.6 Å². The number of nitrogens with one attached hydrogen (secondary N) is 1. The van der Waals surface area contributed by atoms with Crippen LogP contribution < -0.4 is 15.5 Å². The van der Waals surface area contributed by atoms with E-state index in [1.165, 1.54) is 11.0 Å². The van der Waals surface area contributed by atoms with Crippen molar-refractivity contribution in [3.05, 3.63) is 35.4 Å². The molecule has 0 bridgehead atoms. The molecule has 222 valence electrons. The van der Waals surface area contributed by atoms with Gasteiger partial charge in [-0.3, -0.25) is 15.1 Å². The molecule has 2 aromatic rings. The Hall–Kier alpha value is -3.64. The number of piperidine rings is 1. The molecule has 1 aromatic heterocycles. The van der Waals surface area contributed by atoms with E-state index in [2.05, 4.69) is 23.8 Å². The van der Waals surface area contributed by atoms with E-state index in [0.717, 1.165) is 24.4 Å². The molecule has 3 aliphatic rings. The summed E-state index contributed by atoms with van der Waals surface area (Å²) in [6.45, 7) is 8.72. The van der Waals surface area contributed by atoms with E-state index in [0.29, 0.717) is 23.1 Å². The molecule has 1 aromatic carbocycles. The van der Waals surface area contributed by atoms with Gasteiger partial charge in [0.1, 0.15) is 23.5 Å². The molecule has 2 fully saturated rings. The van der Waals surface area contributed by atoms with Crippen molar-refractivity contribution in [2.75, 3.05) is 35.2 Å². The summed E-state index contributed by atoms with van der Waals surface area (Å²) in [5, 5.41) is 8.08. The minimum atomic E-state index is -4.48. The second-order valence-electron chi connectivity index (χ2n) is 12.0. The normalized spacial score (nSPS) is 24.1. The molecule has 0 unspecified atom stereocenters. The highest BCUT2D eigenvalue weighted by Gasteiger charge is 2.49. The molecule has 41 heavy (non-hydrogen) atoms. The van der Waals surface area contributed by atoms with Gasteiger partial charge in [0, 0.05) is 25.7 Å². The van der Waals surface area contributed by atoms with Gasteiger partial charge in [0.25, 0.3) is 6.02 Å². The zero-order valence-corrected chi connectivity index (χ0v) is 23.6. The van der Waals surface area contributed by atoms with Crippen molar-refractivity contribution in [1.29, 1.82) is 5.41 Å². The second kappa shape index (κ2) is 10.3. The number of amidine groups is 1. The molecule has 3 N–H and O–H groups in total. The molecule has 0 radical (unpaired) electrons. The standard InChI is InChI=1S/C28H35F4N7O2/c1-15-10-16(2)13-37(12-15)19-8-7-17(11-18(19)29)39-24-22(27(3,4)25(39)40)23(33)35-21(36-24)14-41-26(34)38-9-5-6-20(38)28(30,31)32/h7-8,11,15-16,20,34H,5-6,9-10,12-14H2,1-4H3,(H2,33,35,36)/t15-,16+,20-/m1/s1. The van der Waals surface area contributed by atoms with Crippen molar-refractivity contribution >= 4 is 34.9 Å². The maximum Gasteiger partial charge on any atom is 0.408 e. The predicted molar refractivity (Wildman–Crippen MR) is 146 cm³/mol. The average Bonchev–Trinajstić information content (AvgIpc) is 3.44. The van der Waals surface area contributed by atoms with E-state index in [9.17, 15) is 18.0 Å². The summed E-state index contributed by atoms with van der Waals surface area (Å²) >= 11 is 0. The highest BCUT2D eigenvalue weighted by Crippen LogP contribution is 2.47. The number of fused-ring (bicyclic) bond motifs is 1. The van der Waals surface area contributed by atoms with Gasteiger partial charge in [0.15, 0.2) is 12.4 Å². The van der Waals surface area contributed by atoms with Crippen molar-refractivity contribution < 1.29 is 27.1 Å². The van der Waals surface area contributed by atoms with Crippen LogP contribution >= 0.6 is 0 Å². The molecule has 2 saturated heterocycles. The van der Waals surface area contributed by atoms with Crippen molar-refractivity contribution in [2.24, 2.45) is 11.8 Å². The molecule has 1 amide bonds. The number of likely N-dealkylation sites (tertiary alicyclic amines) is 1. The second-order valence-corrected chi connectivity index (χ2v) is 12.0. The first-order valence-corrected chi connectivity index (χ1v) is 13.8. The number of halogens is 4. The topological polar surface area (TPSA) is 112 Å². The smallest absolute Gasteiger partial charge is 0.408 e. The van der Waals surface area contributed by atoms with Gasteiger partial charge in [-0.2, -0.15) is 13.2 Å². The number of amides is 1. The summed E-state index contributed by atoms with van der Waals surface area (Å²) in [6, 6.07) is 2.21. The number of hydrogen-bond acceptors (Lipinski definition) is 7. The largest absolute Gasteiger partial charge is 0.457 e. The van der Waals surface area contributed by atoms with E-state index in [4.69, 9.17) is 15.9 Å². The number of alkyl halides is 3. The lowest BCUT2D eigenvalue weighted by Crippen LogP contribution is -2.45. The number of nitrogens with two attached hydrogens (primary N) is 1. The van der Waals surface area contributed by atoms with Crippen LogP contribution in [0.25, 0.3) is 0 Å². The Balaban J connectivity index is 1.42. The van der Waals surface area contributed by atoms with Gasteiger partial charge in [-0.1, -0.05) is 13.8 Å². The minimum Gasteiger partial charge on any atom is -0.457 e. The van der Waals surface area contributed by atoms with Crippen LogP contribution in [0.4, 0.5) is 40.6 Å². The molecule has 3 atom stereocenters. The first-order chi connectivity index (χ1) is 19.2. The lowest BCUT2D eigenvalue weighted by atomic mass is 9.87. The fourth-order valence-corrected chi connectivity index (χ4v) is 6.38. The third kappa shape index (κ3) is 5.26. The molecular weight excluding hydrogens is 542 g/mol. The first kappa shape index (κ1) is 28.9. The number of carbonyl (C=O) groups is 1. The highest BCUT2D eigenvalue weighted by molar-refractivity contribution is 6.12. The number of rotatable bonds is 4. The Bertz CT molecular complexity index is 1360. The van der Waals surface area contributed by atoms with Crippen LogP contribution in [0.5, 0.6) is 0 Å². The Morgan fingerprint density at radius 3 is 2.51 bits per heavy atom. The molecule has 0 spiro atoms. The van der Waals surface area contributed by atoms with Crippen LogP contribution in [0.2, 0.25) is 0 Å². The Kier molecular flexibility index (Phi) is 7.27. The van der Waals surface area contributed by atoms with Crippen LogP contribution in [0, 0.1) is 23.1 Å². The van der Waals surface area contributed by atoms with Crippen molar-refractivity contribution in [3.63, 3.8) is 0 Å². The van der Waals surface area contributed by atoms with E-state index in [1.807, 2.05) is 4.90 Å². The van der Waals surface area contributed by atoms with Crippen LogP contribution in [0.15, 0.2) is 18.2 Å². The fraction of sp³-hybridized carbons (Fsp3) is 0.571. The van der Waals surface area contributed by atoms with Crippen molar-refractivity contribution in [1.82, 2.24) is 14.9 Å². The van der Waals surface area contributed by atoms with E-state index in [1.54, 1.807) is 26.0 Å². The molecular formula is C28H35F4N7O2. The molecule has 5 rings (SSSR count). The fourth-order valence-electron chi connectivity index (χ4n) is 6.38. The van der Waals surface area contributed by atoms with Crippen LogP contribution in [0.1, 0.15) is 58.3 Å². The number of ether oxygens (including phenoxy) is 1. The quantitative estimate of drug-likeness (QED) is 0.295. The van der Waals surface area contributed by atoms with Gasteiger partial charge in [0.2, 0.25) is 5.91 Å². The molecule has 3 aliphatic heterocycles. The number of hydrogen-bond donors (Lipinski definition) is 2. The van der Waals surface area contributed by atoms with Crippen molar-refractivity contribution in [3.8, 4) is 0 Å². The zero-order valence-electron chi connectivity index (χ0n) is 23.6. The summed E-state index contributed by atoms with van der Waals surface area (Å²) in [4.78, 5) is 26.5. The van der Waals surface area contributed by atoms with Crippen molar-refractivity contribution in [2.45, 2.75) is 71.2 Å². The lowest BCUT2D eigenvalue weighted by molar-refractivity contribution is -0.169. The monoisotopic (exact) mass is 577 g/mol. The molecule has 0 saturated carbocycles. The molecule has 9 nitrogen and oxygen atoms in total. The number of benzene rings is 1. The Morgan fingerprint density at radius 2 is 1.88 bits per heavy atom. The van der Waals surface area contributed by atoms with Gasteiger partial charge in [-0.25, -0.2) is 14.4 Å². The maximum absolute atomic E-state index is 15.5. The lowest BCUT2D eigenvalue weighted by Gasteiger charge is -2.37. The van der Waals surface area contributed by atoms with Gasteiger partial charge in [0.05, 0.1) is 22.4 Å². The van der Waals surface area contributed by atoms with Gasteiger partial charge in [-0.05, 0) is 57.1 Å². The maximum atomic E-state index is 15.5. The summed E-state index contributed by atoms with van der Waals surface area (Å²) < 4.78 is 60.9. The highest BCUT2D eigenvalue weighted by atomic mass is 19.4. The number of anilines is 4. The molecule has 4 heterocycles. The number of aromatic nitrogens is 2. The van der Waals surface area contributed by atoms with Crippen LogP contribution in [0.3, 0.4) is 0 Å². The first-order valence-electron chi connectivity index (χ1n) is 13.8. The zero-order chi connectivity index (χ0) is 29.9. The molecule has 13 heteroatoms. The third-order valence-corrected chi connectivity index (χ3v) is 8.17. The summed E-state index contributed by atoms with van der Waals surface area (Å²) in [5.74, 6) is 0.152. The van der Waals surface area contributed by atoms with Gasteiger partial charge < -0.3 is 20.3 Å². The van der Waals surface area contributed by atoms with Crippen LogP contribution in [-0.4, -0.2) is 58.6 Å². The average molecular weight is 578 g/mol. The molecule has 0 aliphatic carbocycles. The predicted octanol–water partition coefficient (Wildman–Crippen LogP) is 5.11. The Labute approximate surface area is 236 Å². The summed E-state index contributed by atoms with van der Waals surface area (Å²) in [5.41, 5.74) is 6.23. The number of nitrogens with zero attached hydrogens (tertiary/aromatic N) is 5. The summed E-state index contributed by atoms with van der Waals surface area (Å²) in [6.07, 6.45) is -3.23. The van der Waals surface area contributed by atoms with E-state index >= 15 is 4.39 Å². The van der Waals surface area contributed by atoms with Gasteiger partial charge in [-0.15, -0.1) is 0 Å².